The molecule has 0 bridgehead atoms. The SMILES string of the molecule is CC[C@H]1OC(=O)c2coc3c2[C@@]1(C)C1=C(C3=O)[C@@H]2CC[C@H](O)[C@@]2(C)C[C@H]1C. The summed E-state index contributed by atoms with van der Waals surface area (Å²) in [7, 11) is 0. The maximum atomic E-state index is 13.5. The van der Waals surface area contributed by atoms with Gasteiger partial charge in [0.15, 0.2) is 5.76 Å². The van der Waals surface area contributed by atoms with Gasteiger partial charge in [0.25, 0.3) is 0 Å². The topological polar surface area (TPSA) is 76.7 Å². The molecule has 1 saturated carbocycles. The van der Waals surface area contributed by atoms with Gasteiger partial charge in [-0.1, -0.05) is 20.8 Å². The van der Waals surface area contributed by atoms with Gasteiger partial charge in [-0.2, -0.15) is 0 Å². The number of fused-ring (bicyclic) bond motifs is 3. The van der Waals surface area contributed by atoms with E-state index in [-0.39, 0.29) is 35.2 Å². The fourth-order valence-corrected chi connectivity index (χ4v) is 6.84. The van der Waals surface area contributed by atoms with Crippen molar-refractivity contribution in [3.8, 4) is 0 Å². The van der Waals surface area contributed by atoms with Crippen LogP contribution in [-0.2, 0) is 10.2 Å². The molecular formula is C22H26O5. The van der Waals surface area contributed by atoms with Crippen LogP contribution in [0.4, 0.5) is 0 Å². The predicted molar refractivity (Wildman–Crippen MR) is 97.5 cm³/mol. The van der Waals surface area contributed by atoms with E-state index in [2.05, 4.69) is 20.8 Å². The van der Waals surface area contributed by atoms with Gasteiger partial charge in [-0.05, 0) is 50.0 Å². The van der Waals surface area contributed by atoms with Gasteiger partial charge in [0.1, 0.15) is 17.9 Å². The Morgan fingerprint density at radius 3 is 2.70 bits per heavy atom. The summed E-state index contributed by atoms with van der Waals surface area (Å²) in [6.45, 7) is 8.39. The van der Waals surface area contributed by atoms with Crippen LogP contribution in [0.5, 0.6) is 0 Å². The van der Waals surface area contributed by atoms with Gasteiger partial charge in [0.05, 0.1) is 11.5 Å². The standard InChI is InChI=1S/C22H26O5/c1-5-14-22(4)16-10(2)8-21(3)12(6-7-13(21)23)15(16)18(24)19-17(22)11(9-26-19)20(25)27-14/h9-10,12-14,23H,5-8H2,1-4H3/t10-,12+,13+,14-,21+,22-/m1/s1. The van der Waals surface area contributed by atoms with Crippen LogP contribution in [0, 0.1) is 17.3 Å². The highest BCUT2D eigenvalue weighted by molar-refractivity contribution is 6.13. The summed E-state index contributed by atoms with van der Waals surface area (Å²) in [6, 6.07) is 0. The molecule has 0 saturated heterocycles. The summed E-state index contributed by atoms with van der Waals surface area (Å²) in [5.74, 6) is -0.0281. The number of hydrogen-bond acceptors (Lipinski definition) is 5. The van der Waals surface area contributed by atoms with Gasteiger partial charge in [-0.15, -0.1) is 0 Å². The monoisotopic (exact) mass is 370 g/mol. The zero-order valence-electron chi connectivity index (χ0n) is 16.3. The Hall–Kier alpha value is -1.88. The number of ketones is 1. The lowest BCUT2D eigenvalue weighted by Gasteiger charge is -2.53. The number of esters is 1. The molecule has 1 fully saturated rings. The number of aliphatic hydroxyl groups excluding tert-OH is 1. The largest absolute Gasteiger partial charge is 0.460 e. The number of carbonyl (C=O) groups excluding carboxylic acids is 2. The molecule has 0 aromatic carbocycles. The fraction of sp³-hybridized carbons (Fsp3) is 0.636. The lowest BCUT2D eigenvalue weighted by atomic mass is 9.52. The number of hydrogen-bond donors (Lipinski definition) is 1. The minimum atomic E-state index is -0.544. The molecule has 4 aliphatic rings. The lowest BCUT2D eigenvalue weighted by molar-refractivity contribution is -0.00522. The number of aliphatic hydroxyl groups is 1. The van der Waals surface area contributed by atoms with E-state index in [1.807, 2.05) is 6.92 Å². The molecule has 1 N–H and O–H groups in total. The van der Waals surface area contributed by atoms with Crippen molar-refractivity contribution in [2.45, 2.75) is 71.0 Å². The Bertz CT molecular complexity index is 908. The van der Waals surface area contributed by atoms with Gasteiger partial charge in [0, 0.05) is 16.6 Å². The highest BCUT2D eigenvalue weighted by Crippen LogP contribution is 2.63. The molecule has 0 amide bonds. The highest BCUT2D eigenvalue weighted by atomic mass is 16.5. The number of Topliss-reactive ketones (excluding diaryl/α,β-unsaturated/α-hetero) is 1. The molecule has 6 atom stereocenters. The minimum absolute atomic E-state index is 0.0276. The van der Waals surface area contributed by atoms with E-state index in [1.165, 1.54) is 6.26 Å². The van der Waals surface area contributed by atoms with Crippen LogP contribution in [-0.4, -0.2) is 29.1 Å². The smallest absolute Gasteiger partial charge is 0.342 e. The Labute approximate surface area is 158 Å². The second kappa shape index (κ2) is 5.13. The van der Waals surface area contributed by atoms with Crippen molar-refractivity contribution in [1.82, 2.24) is 0 Å². The fourth-order valence-electron chi connectivity index (χ4n) is 6.84. The molecule has 2 heterocycles. The van der Waals surface area contributed by atoms with Crippen LogP contribution in [0.25, 0.3) is 0 Å². The first-order chi connectivity index (χ1) is 12.7. The third-order valence-corrected chi connectivity index (χ3v) is 7.97. The van der Waals surface area contributed by atoms with E-state index in [0.717, 1.165) is 36.0 Å². The molecule has 5 rings (SSSR count). The van der Waals surface area contributed by atoms with Crippen LogP contribution in [0.2, 0.25) is 0 Å². The van der Waals surface area contributed by atoms with Gasteiger partial charge < -0.3 is 14.3 Å². The summed E-state index contributed by atoms with van der Waals surface area (Å²) in [6.07, 6.45) is 3.73. The number of allylic oxidation sites excluding steroid dienone is 1. The van der Waals surface area contributed by atoms with Gasteiger partial charge in [-0.3, -0.25) is 4.79 Å². The average molecular weight is 370 g/mol. The predicted octanol–water partition coefficient (Wildman–Crippen LogP) is 3.80. The van der Waals surface area contributed by atoms with E-state index >= 15 is 0 Å². The normalized spacial score (nSPS) is 42.6. The van der Waals surface area contributed by atoms with Crippen molar-refractivity contribution in [2.24, 2.45) is 17.3 Å². The zero-order valence-corrected chi connectivity index (χ0v) is 16.3. The van der Waals surface area contributed by atoms with Crippen LogP contribution in [0.3, 0.4) is 0 Å². The van der Waals surface area contributed by atoms with E-state index in [4.69, 9.17) is 9.15 Å². The second-order valence-electron chi connectivity index (χ2n) is 9.27. The maximum Gasteiger partial charge on any atom is 0.342 e. The molecular weight excluding hydrogens is 344 g/mol. The minimum Gasteiger partial charge on any atom is -0.460 e. The number of cyclic esters (lactones) is 1. The van der Waals surface area contributed by atoms with Gasteiger partial charge in [0.2, 0.25) is 5.78 Å². The highest BCUT2D eigenvalue weighted by Gasteiger charge is 2.62. The molecule has 1 aromatic heterocycles. The Morgan fingerprint density at radius 1 is 1.26 bits per heavy atom. The zero-order chi connectivity index (χ0) is 19.3. The Balaban J connectivity index is 1.82. The summed E-state index contributed by atoms with van der Waals surface area (Å²) in [5.41, 5.74) is 2.22. The molecule has 27 heavy (non-hydrogen) atoms. The van der Waals surface area contributed by atoms with Crippen LogP contribution < -0.4 is 0 Å². The van der Waals surface area contributed by atoms with Crippen LogP contribution >= 0.6 is 0 Å². The Morgan fingerprint density at radius 2 is 2.00 bits per heavy atom. The number of ether oxygens (including phenoxy) is 1. The third kappa shape index (κ3) is 1.79. The maximum absolute atomic E-state index is 13.5. The number of furan rings is 1. The lowest BCUT2D eigenvalue weighted by Crippen LogP contribution is -2.54. The molecule has 0 unspecified atom stereocenters. The van der Waals surface area contributed by atoms with Crippen molar-refractivity contribution in [1.29, 1.82) is 0 Å². The first-order valence-corrected chi connectivity index (χ1v) is 10.0. The number of carbonyl (C=O) groups is 2. The van der Waals surface area contributed by atoms with E-state index in [0.29, 0.717) is 17.7 Å². The molecule has 144 valence electrons. The number of rotatable bonds is 1. The first kappa shape index (κ1) is 17.2. The van der Waals surface area contributed by atoms with Gasteiger partial charge in [-0.25, -0.2) is 4.79 Å². The summed E-state index contributed by atoms with van der Waals surface area (Å²) in [5, 5.41) is 10.7. The molecule has 1 aromatic rings. The summed E-state index contributed by atoms with van der Waals surface area (Å²) < 4.78 is 11.5. The summed E-state index contributed by atoms with van der Waals surface area (Å²) >= 11 is 0. The van der Waals surface area contributed by atoms with Crippen molar-refractivity contribution in [3.63, 3.8) is 0 Å². The molecule has 0 spiro atoms. The third-order valence-electron chi connectivity index (χ3n) is 7.97. The van der Waals surface area contributed by atoms with Crippen molar-refractivity contribution < 1.29 is 23.8 Å². The quantitative estimate of drug-likeness (QED) is 0.761. The van der Waals surface area contributed by atoms with Crippen molar-refractivity contribution >= 4 is 11.8 Å². The van der Waals surface area contributed by atoms with Crippen LogP contribution in [0.1, 0.15) is 79.9 Å². The molecule has 0 radical (unpaired) electrons. The van der Waals surface area contributed by atoms with E-state index in [9.17, 15) is 14.7 Å². The van der Waals surface area contributed by atoms with E-state index in [1.54, 1.807) is 0 Å². The van der Waals surface area contributed by atoms with Gasteiger partial charge >= 0.3 is 5.97 Å². The molecule has 5 nitrogen and oxygen atoms in total. The van der Waals surface area contributed by atoms with Crippen molar-refractivity contribution in [3.05, 3.63) is 34.3 Å². The van der Waals surface area contributed by atoms with Crippen molar-refractivity contribution in [2.75, 3.05) is 0 Å². The molecule has 1 aliphatic heterocycles. The first-order valence-electron chi connectivity index (χ1n) is 10.0. The Kier molecular flexibility index (Phi) is 3.28. The average Bonchev–Trinajstić information content (AvgIpc) is 3.19. The second-order valence-corrected chi connectivity index (χ2v) is 9.27. The van der Waals surface area contributed by atoms with Crippen LogP contribution in [0.15, 0.2) is 21.8 Å². The van der Waals surface area contributed by atoms with E-state index < -0.39 is 11.4 Å². The summed E-state index contributed by atoms with van der Waals surface area (Å²) in [4.78, 5) is 26.0. The molecule has 3 aliphatic carbocycles. The molecule has 5 heteroatoms.